The molecular weight excluding hydrogens is 252 g/mol. The minimum Gasteiger partial charge on any atom is -0.489 e. The van der Waals surface area contributed by atoms with Gasteiger partial charge in [-0.05, 0) is 36.8 Å². The van der Waals surface area contributed by atoms with Crippen LogP contribution in [0.3, 0.4) is 0 Å². The number of hydrogen-bond donors (Lipinski definition) is 0. The minimum absolute atomic E-state index is 0.574. The summed E-state index contributed by atoms with van der Waals surface area (Å²) in [7, 11) is 0. The lowest BCUT2D eigenvalue weighted by Crippen LogP contribution is -2.22. The van der Waals surface area contributed by atoms with Crippen molar-refractivity contribution in [1.29, 1.82) is 0 Å². The van der Waals surface area contributed by atoms with Gasteiger partial charge in [0.05, 0.1) is 13.2 Å². The van der Waals surface area contributed by atoms with Crippen LogP contribution in [0.2, 0.25) is 0 Å². The van der Waals surface area contributed by atoms with Gasteiger partial charge in [-0.3, -0.25) is 0 Å². The van der Waals surface area contributed by atoms with Crippen molar-refractivity contribution in [1.82, 2.24) is 0 Å². The van der Waals surface area contributed by atoms with Crippen molar-refractivity contribution in [2.45, 2.75) is 19.3 Å². The van der Waals surface area contributed by atoms with E-state index in [1.165, 1.54) is 0 Å². The fraction of sp³-hybridized carbons (Fsp3) is 0.294. The zero-order chi connectivity index (χ0) is 13.8. The molecule has 2 aromatic carbocycles. The molecule has 3 rings (SSSR count). The van der Waals surface area contributed by atoms with Crippen molar-refractivity contribution in [3.05, 3.63) is 65.7 Å². The van der Waals surface area contributed by atoms with Crippen LogP contribution in [0.5, 0.6) is 5.75 Å². The first-order valence-electron chi connectivity index (χ1n) is 6.81. The molecule has 0 N–H and O–H groups in total. The Bertz CT molecular complexity index is 542. The summed E-state index contributed by atoms with van der Waals surface area (Å²) in [6, 6.07) is 18.0. The number of hydrogen-bond acceptors (Lipinski definition) is 3. The molecule has 1 aliphatic heterocycles. The molecule has 0 spiro atoms. The molecule has 0 saturated carbocycles. The summed E-state index contributed by atoms with van der Waals surface area (Å²) in [5.41, 5.74) is 2.17. The Morgan fingerprint density at radius 3 is 2.25 bits per heavy atom. The fourth-order valence-electron chi connectivity index (χ4n) is 2.28. The van der Waals surface area contributed by atoms with E-state index in [2.05, 4.69) is 12.1 Å². The van der Waals surface area contributed by atoms with Gasteiger partial charge in [0.1, 0.15) is 12.4 Å². The first kappa shape index (κ1) is 13.2. The molecule has 0 aromatic heterocycles. The molecular formula is C17H18O3. The van der Waals surface area contributed by atoms with Crippen molar-refractivity contribution < 1.29 is 14.2 Å². The average Bonchev–Trinajstić information content (AvgIpc) is 2.95. The maximum atomic E-state index is 5.76. The summed E-state index contributed by atoms with van der Waals surface area (Å²) in [5, 5.41) is 0. The molecule has 0 atom stereocenters. The first-order valence-corrected chi connectivity index (χ1v) is 6.81. The third-order valence-electron chi connectivity index (χ3n) is 3.47. The highest BCUT2D eigenvalue weighted by atomic mass is 16.7. The molecule has 1 heterocycles. The molecule has 0 amide bonds. The van der Waals surface area contributed by atoms with Crippen molar-refractivity contribution in [3.8, 4) is 5.75 Å². The van der Waals surface area contributed by atoms with E-state index in [9.17, 15) is 0 Å². The molecule has 3 nitrogen and oxygen atoms in total. The molecule has 1 fully saturated rings. The van der Waals surface area contributed by atoms with E-state index in [1.807, 2.05) is 49.4 Å². The maximum Gasteiger partial charge on any atom is 0.192 e. The van der Waals surface area contributed by atoms with Gasteiger partial charge in [-0.1, -0.05) is 30.3 Å². The van der Waals surface area contributed by atoms with Crippen LogP contribution in [0.1, 0.15) is 18.1 Å². The van der Waals surface area contributed by atoms with Gasteiger partial charge >= 0.3 is 0 Å². The number of benzene rings is 2. The van der Waals surface area contributed by atoms with E-state index in [1.54, 1.807) is 0 Å². The van der Waals surface area contributed by atoms with Crippen LogP contribution >= 0.6 is 0 Å². The molecule has 0 bridgehead atoms. The quantitative estimate of drug-likeness (QED) is 0.851. The highest BCUT2D eigenvalue weighted by molar-refractivity contribution is 5.30. The molecule has 20 heavy (non-hydrogen) atoms. The Labute approximate surface area is 119 Å². The predicted octanol–water partition coefficient (Wildman–Crippen LogP) is 3.49. The van der Waals surface area contributed by atoms with Crippen molar-refractivity contribution in [3.63, 3.8) is 0 Å². The number of rotatable bonds is 4. The Kier molecular flexibility index (Phi) is 3.72. The summed E-state index contributed by atoms with van der Waals surface area (Å²) in [6.45, 7) is 3.80. The van der Waals surface area contributed by atoms with Gasteiger partial charge in [0, 0.05) is 5.56 Å². The summed E-state index contributed by atoms with van der Waals surface area (Å²) < 4.78 is 17.0. The maximum absolute atomic E-state index is 5.76. The normalized spacial score (nSPS) is 17.1. The zero-order valence-electron chi connectivity index (χ0n) is 11.5. The molecule has 3 heteroatoms. The monoisotopic (exact) mass is 270 g/mol. The standard InChI is InChI=1S/C17H18O3/c1-17(19-11-12-20-17)15-7-9-16(10-8-15)18-13-14-5-3-2-4-6-14/h2-10H,11-13H2,1H3. The molecule has 1 saturated heterocycles. The van der Waals surface area contributed by atoms with Crippen molar-refractivity contribution >= 4 is 0 Å². The molecule has 1 aliphatic rings. The molecule has 0 unspecified atom stereocenters. The first-order chi connectivity index (χ1) is 9.76. The van der Waals surface area contributed by atoms with Gasteiger partial charge in [0.15, 0.2) is 5.79 Å². The molecule has 2 aromatic rings. The topological polar surface area (TPSA) is 27.7 Å². The van der Waals surface area contributed by atoms with Crippen LogP contribution < -0.4 is 4.74 Å². The second-order valence-corrected chi connectivity index (χ2v) is 4.94. The summed E-state index contributed by atoms with van der Waals surface area (Å²) in [4.78, 5) is 0. The number of ether oxygens (including phenoxy) is 3. The average molecular weight is 270 g/mol. The summed E-state index contributed by atoms with van der Waals surface area (Å²) in [6.07, 6.45) is 0. The molecule has 104 valence electrons. The largest absolute Gasteiger partial charge is 0.489 e. The Hall–Kier alpha value is -1.84. The van der Waals surface area contributed by atoms with Gasteiger partial charge < -0.3 is 14.2 Å². The van der Waals surface area contributed by atoms with Gasteiger partial charge in [-0.25, -0.2) is 0 Å². The van der Waals surface area contributed by atoms with E-state index in [0.29, 0.717) is 19.8 Å². The van der Waals surface area contributed by atoms with Crippen LogP contribution in [0.4, 0.5) is 0 Å². The van der Waals surface area contributed by atoms with Gasteiger partial charge in [-0.2, -0.15) is 0 Å². The van der Waals surface area contributed by atoms with E-state index >= 15 is 0 Å². The van der Waals surface area contributed by atoms with E-state index < -0.39 is 5.79 Å². The summed E-state index contributed by atoms with van der Waals surface area (Å²) in [5.74, 6) is 0.233. The van der Waals surface area contributed by atoms with Crippen molar-refractivity contribution in [2.75, 3.05) is 13.2 Å². The Morgan fingerprint density at radius 2 is 1.60 bits per heavy atom. The molecule has 0 aliphatic carbocycles. The lowest BCUT2D eigenvalue weighted by molar-refractivity contribution is -0.149. The zero-order valence-corrected chi connectivity index (χ0v) is 11.5. The van der Waals surface area contributed by atoms with Crippen molar-refractivity contribution in [2.24, 2.45) is 0 Å². The Morgan fingerprint density at radius 1 is 0.950 bits per heavy atom. The highest BCUT2D eigenvalue weighted by Gasteiger charge is 2.32. The second-order valence-electron chi connectivity index (χ2n) is 4.94. The third-order valence-corrected chi connectivity index (χ3v) is 3.47. The van der Waals surface area contributed by atoms with Crippen LogP contribution in [-0.4, -0.2) is 13.2 Å². The second kappa shape index (κ2) is 5.65. The minimum atomic E-state index is -0.613. The lowest BCUT2D eigenvalue weighted by atomic mass is 10.1. The fourth-order valence-corrected chi connectivity index (χ4v) is 2.28. The van der Waals surface area contributed by atoms with Crippen LogP contribution in [0, 0.1) is 0 Å². The van der Waals surface area contributed by atoms with Crippen LogP contribution in [0.25, 0.3) is 0 Å². The van der Waals surface area contributed by atoms with E-state index in [-0.39, 0.29) is 0 Å². The smallest absolute Gasteiger partial charge is 0.192 e. The van der Waals surface area contributed by atoms with E-state index in [0.717, 1.165) is 16.9 Å². The van der Waals surface area contributed by atoms with Gasteiger partial charge in [0.25, 0.3) is 0 Å². The van der Waals surface area contributed by atoms with Crippen LogP contribution in [0.15, 0.2) is 54.6 Å². The van der Waals surface area contributed by atoms with E-state index in [4.69, 9.17) is 14.2 Å². The summed E-state index contributed by atoms with van der Waals surface area (Å²) >= 11 is 0. The molecule has 0 radical (unpaired) electrons. The SMILES string of the molecule is CC1(c2ccc(OCc3ccccc3)cc2)OCCO1. The van der Waals surface area contributed by atoms with Gasteiger partial charge in [0.2, 0.25) is 0 Å². The lowest BCUT2D eigenvalue weighted by Gasteiger charge is -2.22. The van der Waals surface area contributed by atoms with Crippen LogP contribution in [-0.2, 0) is 21.9 Å². The van der Waals surface area contributed by atoms with Gasteiger partial charge in [-0.15, -0.1) is 0 Å². The third kappa shape index (κ3) is 2.84. The predicted molar refractivity (Wildman–Crippen MR) is 76.5 cm³/mol. The Balaban J connectivity index is 1.64. The highest BCUT2D eigenvalue weighted by Crippen LogP contribution is 2.31.